The van der Waals surface area contributed by atoms with Gasteiger partial charge in [-0.1, -0.05) is 24.0 Å². The summed E-state index contributed by atoms with van der Waals surface area (Å²) < 4.78 is 0. The van der Waals surface area contributed by atoms with Crippen LogP contribution in [0.15, 0.2) is 42.6 Å². The van der Waals surface area contributed by atoms with Crippen molar-refractivity contribution in [3.05, 3.63) is 59.4 Å². The van der Waals surface area contributed by atoms with Gasteiger partial charge >= 0.3 is 0 Å². The number of rotatable bonds is 3. The van der Waals surface area contributed by atoms with Crippen molar-refractivity contribution in [2.24, 2.45) is 0 Å². The van der Waals surface area contributed by atoms with Gasteiger partial charge in [-0.05, 0) is 36.8 Å². The fraction of sp³-hybridized carbons (Fsp3) is 0.176. The van der Waals surface area contributed by atoms with Crippen molar-refractivity contribution in [3.8, 4) is 11.8 Å². The van der Waals surface area contributed by atoms with Crippen LogP contribution in [0.1, 0.15) is 28.0 Å². The number of carbonyl (C=O) groups excluding carboxylic acids is 1. The van der Waals surface area contributed by atoms with E-state index in [1.165, 1.54) is 0 Å². The number of aromatic nitrogens is 1. The Hall–Kier alpha value is -2.64. The molecule has 0 spiro atoms. The molecule has 2 rings (SSSR count). The van der Waals surface area contributed by atoms with E-state index in [9.17, 15) is 4.79 Å². The second-order valence-corrected chi connectivity index (χ2v) is 4.49. The van der Waals surface area contributed by atoms with Crippen LogP contribution in [0.3, 0.4) is 0 Å². The first-order chi connectivity index (χ1) is 10.2. The number of pyridine rings is 1. The number of hydrogen-bond donors (Lipinski definition) is 2. The van der Waals surface area contributed by atoms with E-state index < -0.39 is 0 Å². The van der Waals surface area contributed by atoms with Crippen LogP contribution in [-0.4, -0.2) is 22.6 Å². The highest BCUT2D eigenvalue weighted by atomic mass is 16.2. The van der Waals surface area contributed by atoms with Gasteiger partial charge in [0, 0.05) is 18.2 Å². The Labute approximate surface area is 123 Å². The zero-order valence-electron chi connectivity index (χ0n) is 11.8. The maximum atomic E-state index is 12.1. The van der Waals surface area contributed by atoms with Gasteiger partial charge in [0.2, 0.25) is 0 Å². The molecule has 0 unspecified atom stereocenters. The smallest absolute Gasteiger partial charge is 0.274 e. The van der Waals surface area contributed by atoms with Gasteiger partial charge in [-0.15, -0.1) is 0 Å². The predicted molar refractivity (Wildman–Crippen MR) is 82.0 cm³/mol. The van der Waals surface area contributed by atoms with E-state index in [1.807, 2.05) is 25.1 Å². The molecule has 0 aliphatic rings. The lowest BCUT2D eigenvalue weighted by molar-refractivity contribution is 0.102. The highest BCUT2D eigenvalue weighted by molar-refractivity contribution is 6.03. The summed E-state index contributed by atoms with van der Waals surface area (Å²) in [5.74, 6) is 5.54. The van der Waals surface area contributed by atoms with E-state index in [1.54, 1.807) is 24.4 Å². The Morgan fingerprint density at radius 3 is 2.90 bits per heavy atom. The number of anilines is 1. The molecule has 2 N–H and O–H groups in total. The van der Waals surface area contributed by atoms with Crippen LogP contribution in [0.25, 0.3) is 0 Å². The van der Waals surface area contributed by atoms with Gasteiger partial charge in [-0.2, -0.15) is 0 Å². The quantitative estimate of drug-likeness (QED) is 0.849. The number of aliphatic hydroxyl groups is 1. The molecule has 1 heterocycles. The third-order valence-corrected chi connectivity index (χ3v) is 2.78. The highest BCUT2D eigenvalue weighted by Gasteiger charge is 2.09. The van der Waals surface area contributed by atoms with Crippen molar-refractivity contribution < 1.29 is 9.90 Å². The third kappa shape index (κ3) is 4.16. The molecule has 0 radical (unpaired) electrons. The second-order valence-electron chi connectivity index (χ2n) is 4.49. The summed E-state index contributed by atoms with van der Waals surface area (Å²) in [5.41, 5.74) is 2.75. The summed E-state index contributed by atoms with van der Waals surface area (Å²) in [5, 5.41) is 11.6. The minimum atomic E-state index is -0.272. The first-order valence-corrected chi connectivity index (χ1v) is 6.63. The summed E-state index contributed by atoms with van der Waals surface area (Å²) in [7, 11) is 0. The van der Waals surface area contributed by atoms with Gasteiger partial charge < -0.3 is 10.4 Å². The number of aryl methyl sites for hydroxylation is 1. The second kappa shape index (κ2) is 7.22. The van der Waals surface area contributed by atoms with Crippen LogP contribution in [0, 0.1) is 18.8 Å². The molecule has 0 aliphatic heterocycles. The maximum Gasteiger partial charge on any atom is 0.274 e. The van der Waals surface area contributed by atoms with Gasteiger partial charge in [0.1, 0.15) is 5.69 Å². The highest BCUT2D eigenvalue weighted by Crippen LogP contribution is 2.17. The average Bonchev–Trinajstić information content (AvgIpc) is 2.50. The zero-order chi connectivity index (χ0) is 15.1. The summed E-state index contributed by atoms with van der Waals surface area (Å²) in [4.78, 5) is 16.2. The Bertz CT molecular complexity index is 685. The summed E-state index contributed by atoms with van der Waals surface area (Å²) in [6.07, 6.45) is 1.98. The van der Waals surface area contributed by atoms with Crippen LogP contribution >= 0.6 is 0 Å². The van der Waals surface area contributed by atoms with Crippen molar-refractivity contribution in [1.29, 1.82) is 0 Å². The lowest BCUT2D eigenvalue weighted by atomic mass is 10.1. The van der Waals surface area contributed by atoms with E-state index in [-0.39, 0.29) is 12.5 Å². The molecule has 21 heavy (non-hydrogen) atoms. The molecule has 1 aromatic heterocycles. The van der Waals surface area contributed by atoms with Crippen LogP contribution in [0.2, 0.25) is 0 Å². The Morgan fingerprint density at radius 1 is 1.33 bits per heavy atom. The maximum absolute atomic E-state index is 12.1. The van der Waals surface area contributed by atoms with Gasteiger partial charge in [0.05, 0.1) is 12.3 Å². The van der Waals surface area contributed by atoms with Crippen molar-refractivity contribution >= 4 is 11.6 Å². The van der Waals surface area contributed by atoms with Crippen molar-refractivity contribution in [3.63, 3.8) is 0 Å². The minimum Gasteiger partial charge on any atom is -0.395 e. The molecule has 4 heteroatoms. The predicted octanol–water partition coefficient (Wildman–Crippen LogP) is 2.38. The molecule has 0 atom stereocenters. The van der Waals surface area contributed by atoms with Crippen molar-refractivity contribution in [1.82, 2.24) is 4.98 Å². The molecule has 0 fully saturated rings. The normalized spacial score (nSPS) is 9.62. The standard InChI is InChI=1S/C17H16N2O2/c1-13-8-9-14(6-3-5-11-20)16(12-13)19-17(21)15-7-2-4-10-18-15/h2,4,7-10,12,20H,5,11H2,1H3,(H,19,21). The van der Waals surface area contributed by atoms with Crippen LogP contribution < -0.4 is 5.32 Å². The fourth-order valence-electron chi connectivity index (χ4n) is 1.77. The molecular formula is C17H16N2O2. The topological polar surface area (TPSA) is 62.2 Å². The van der Waals surface area contributed by atoms with Crippen molar-refractivity contribution in [2.75, 3.05) is 11.9 Å². The molecule has 2 aromatic rings. The molecule has 0 saturated carbocycles. The first kappa shape index (κ1) is 14.8. The van der Waals surface area contributed by atoms with Gasteiger partial charge in [0.25, 0.3) is 5.91 Å². The van der Waals surface area contributed by atoms with Crippen molar-refractivity contribution in [2.45, 2.75) is 13.3 Å². The average molecular weight is 280 g/mol. The number of carbonyl (C=O) groups is 1. The first-order valence-electron chi connectivity index (χ1n) is 6.63. The van der Waals surface area contributed by atoms with E-state index in [4.69, 9.17) is 5.11 Å². The third-order valence-electron chi connectivity index (χ3n) is 2.78. The van der Waals surface area contributed by atoms with Crippen LogP contribution in [-0.2, 0) is 0 Å². The summed E-state index contributed by atoms with van der Waals surface area (Å²) in [6.45, 7) is 1.97. The summed E-state index contributed by atoms with van der Waals surface area (Å²) >= 11 is 0. The van der Waals surface area contributed by atoms with E-state index in [0.717, 1.165) is 11.1 Å². The molecule has 1 aromatic carbocycles. The number of aliphatic hydroxyl groups excluding tert-OH is 1. The number of hydrogen-bond acceptors (Lipinski definition) is 3. The molecule has 0 saturated heterocycles. The Kier molecular flexibility index (Phi) is 5.08. The SMILES string of the molecule is Cc1ccc(C#CCCO)c(NC(=O)c2ccccn2)c1. The molecule has 4 nitrogen and oxygen atoms in total. The lowest BCUT2D eigenvalue weighted by Gasteiger charge is -2.08. The van der Waals surface area contributed by atoms with E-state index in [2.05, 4.69) is 22.1 Å². The van der Waals surface area contributed by atoms with Gasteiger partial charge in [0.15, 0.2) is 0 Å². The van der Waals surface area contributed by atoms with Crippen LogP contribution in [0.4, 0.5) is 5.69 Å². The zero-order valence-corrected chi connectivity index (χ0v) is 11.8. The largest absolute Gasteiger partial charge is 0.395 e. The van der Waals surface area contributed by atoms with E-state index >= 15 is 0 Å². The van der Waals surface area contributed by atoms with Crippen LogP contribution in [0.5, 0.6) is 0 Å². The Morgan fingerprint density at radius 2 is 2.19 bits per heavy atom. The number of nitrogens with one attached hydrogen (secondary N) is 1. The molecule has 0 bridgehead atoms. The van der Waals surface area contributed by atoms with E-state index in [0.29, 0.717) is 17.8 Å². The fourth-order valence-corrected chi connectivity index (χ4v) is 1.77. The van der Waals surface area contributed by atoms with Gasteiger partial charge in [-0.25, -0.2) is 0 Å². The number of amides is 1. The monoisotopic (exact) mass is 280 g/mol. The molecular weight excluding hydrogens is 264 g/mol. The molecule has 106 valence electrons. The van der Waals surface area contributed by atoms with Gasteiger partial charge in [-0.3, -0.25) is 9.78 Å². The Balaban J connectivity index is 2.25. The minimum absolute atomic E-state index is 0.0223. The summed E-state index contributed by atoms with van der Waals surface area (Å²) in [6, 6.07) is 10.8. The number of benzene rings is 1. The lowest BCUT2D eigenvalue weighted by Crippen LogP contribution is -2.14. The molecule has 0 aliphatic carbocycles. The molecule has 1 amide bonds. The number of nitrogens with zero attached hydrogens (tertiary/aromatic N) is 1.